The first-order valence-electron chi connectivity index (χ1n) is 6.28. The van der Waals surface area contributed by atoms with Gasteiger partial charge in [-0.05, 0) is 29.8 Å². The van der Waals surface area contributed by atoms with Gasteiger partial charge in [0.2, 0.25) is 0 Å². The molecule has 0 amide bonds. The first-order chi connectivity index (χ1) is 10.1. The summed E-state index contributed by atoms with van der Waals surface area (Å²) in [5, 5.41) is 13.2. The molecule has 0 aliphatic carbocycles. The fourth-order valence-corrected chi connectivity index (χ4v) is 2.06. The number of carboxylic acid groups (broad SMARTS) is 1. The van der Waals surface area contributed by atoms with Crippen molar-refractivity contribution in [1.29, 1.82) is 0 Å². The van der Waals surface area contributed by atoms with Gasteiger partial charge >= 0.3 is 5.97 Å². The van der Waals surface area contributed by atoms with Crippen molar-refractivity contribution >= 4 is 5.97 Å². The van der Waals surface area contributed by atoms with E-state index in [1.807, 2.05) is 30.3 Å². The van der Waals surface area contributed by atoms with Gasteiger partial charge in [0.25, 0.3) is 0 Å². The van der Waals surface area contributed by atoms with Crippen LogP contribution in [-0.2, 0) is 0 Å². The first-order valence-corrected chi connectivity index (χ1v) is 6.28. The van der Waals surface area contributed by atoms with Gasteiger partial charge in [-0.25, -0.2) is 13.9 Å². The molecule has 1 aromatic heterocycles. The SMILES string of the molecule is O=C(O)c1cc(-c2cnn(-c3ccccc3)c2)ccc1F. The fraction of sp³-hybridized carbons (Fsp3) is 0. The number of para-hydroxylation sites is 1. The quantitative estimate of drug-likeness (QED) is 0.801. The van der Waals surface area contributed by atoms with Gasteiger partial charge in [-0.15, -0.1) is 0 Å². The van der Waals surface area contributed by atoms with E-state index >= 15 is 0 Å². The first kappa shape index (κ1) is 13.1. The van der Waals surface area contributed by atoms with E-state index in [1.165, 1.54) is 12.1 Å². The molecule has 0 aliphatic rings. The van der Waals surface area contributed by atoms with Crippen LogP contribution in [0.3, 0.4) is 0 Å². The Hall–Kier alpha value is -2.95. The highest BCUT2D eigenvalue weighted by atomic mass is 19.1. The van der Waals surface area contributed by atoms with Gasteiger partial charge in [0.1, 0.15) is 5.82 Å². The molecule has 1 N–H and O–H groups in total. The standard InChI is InChI=1S/C16H11FN2O2/c17-15-7-6-11(8-14(15)16(20)21)12-9-18-19(10-12)13-4-2-1-3-5-13/h1-10H,(H,20,21). The van der Waals surface area contributed by atoms with Gasteiger partial charge in [-0.1, -0.05) is 24.3 Å². The molecule has 21 heavy (non-hydrogen) atoms. The summed E-state index contributed by atoms with van der Waals surface area (Å²) in [6, 6.07) is 13.5. The Kier molecular flexibility index (Phi) is 3.23. The second kappa shape index (κ2) is 5.20. The summed E-state index contributed by atoms with van der Waals surface area (Å²) in [7, 11) is 0. The van der Waals surface area contributed by atoms with Gasteiger partial charge in [-0.3, -0.25) is 0 Å². The van der Waals surface area contributed by atoms with Crippen molar-refractivity contribution < 1.29 is 14.3 Å². The number of hydrogen-bond donors (Lipinski definition) is 1. The molecule has 0 spiro atoms. The van der Waals surface area contributed by atoms with Crippen LogP contribution in [0.25, 0.3) is 16.8 Å². The number of rotatable bonds is 3. The molecule has 0 bridgehead atoms. The summed E-state index contributed by atoms with van der Waals surface area (Å²) < 4.78 is 15.1. The van der Waals surface area contributed by atoms with Crippen molar-refractivity contribution in [3.05, 3.63) is 72.3 Å². The van der Waals surface area contributed by atoms with Crippen molar-refractivity contribution in [2.24, 2.45) is 0 Å². The largest absolute Gasteiger partial charge is 0.478 e. The molecular formula is C16H11FN2O2. The van der Waals surface area contributed by atoms with E-state index in [0.29, 0.717) is 5.56 Å². The fourth-order valence-electron chi connectivity index (χ4n) is 2.06. The maximum absolute atomic E-state index is 13.4. The van der Waals surface area contributed by atoms with Crippen LogP contribution in [0.1, 0.15) is 10.4 Å². The molecule has 0 atom stereocenters. The monoisotopic (exact) mass is 282 g/mol. The van der Waals surface area contributed by atoms with Crippen molar-refractivity contribution in [2.75, 3.05) is 0 Å². The average Bonchev–Trinajstić information content (AvgIpc) is 2.98. The van der Waals surface area contributed by atoms with Crippen molar-refractivity contribution in [3.8, 4) is 16.8 Å². The maximum Gasteiger partial charge on any atom is 0.338 e. The van der Waals surface area contributed by atoms with Crippen LogP contribution in [0, 0.1) is 5.82 Å². The predicted molar refractivity (Wildman–Crippen MR) is 75.9 cm³/mol. The van der Waals surface area contributed by atoms with Crippen molar-refractivity contribution in [3.63, 3.8) is 0 Å². The summed E-state index contributed by atoms with van der Waals surface area (Å²) in [5.74, 6) is -2.04. The van der Waals surface area contributed by atoms with Gasteiger partial charge in [0, 0.05) is 11.8 Å². The van der Waals surface area contributed by atoms with Gasteiger partial charge in [0.05, 0.1) is 17.4 Å². The molecule has 104 valence electrons. The van der Waals surface area contributed by atoms with Crippen molar-refractivity contribution in [2.45, 2.75) is 0 Å². The molecule has 0 saturated heterocycles. The lowest BCUT2D eigenvalue weighted by atomic mass is 10.1. The second-order valence-electron chi connectivity index (χ2n) is 4.51. The van der Waals surface area contributed by atoms with Crippen LogP contribution in [0.4, 0.5) is 4.39 Å². The van der Waals surface area contributed by atoms with Crippen LogP contribution in [0.15, 0.2) is 60.9 Å². The van der Waals surface area contributed by atoms with Gasteiger partial charge < -0.3 is 5.11 Å². The number of carboxylic acids is 1. The van der Waals surface area contributed by atoms with Crippen molar-refractivity contribution in [1.82, 2.24) is 9.78 Å². The lowest BCUT2D eigenvalue weighted by molar-refractivity contribution is 0.0692. The third-order valence-electron chi connectivity index (χ3n) is 3.13. The molecule has 4 nitrogen and oxygen atoms in total. The van der Waals surface area contributed by atoms with E-state index in [9.17, 15) is 9.18 Å². The van der Waals surface area contributed by atoms with Crippen LogP contribution in [-0.4, -0.2) is 20.9 Å². The number of carbonyl (C=O) groups is 1. The van der Waals surface area contributed by atoms with Crippen LogP contribution in [0.5, 0.6) is 0 Å². The minimum atomic E-state index is -1.29. The van der Waals surface area contributed by atoms with E-state index in [-0.39, 0.29) is 5.56 Å². The number of halogens is 1. The highest BCUT2D eigenvalue weighted by Crippen LogP contribution is 2.22. The lowest BCUT2D eigenvalue weighted by Crippen LogP contribution is -2.00. The van der Waals surface area contributed by atoms with E-state index in [4.69, 9.17) is 5.11 Å². The third kappa shape index (κ3) is 2.53. The molecule has 5 heteroatoms. The summed E-state index contributed by atoms with van der Waals surface area (Å²) in [6.07, 6.45) is 3.39. The van der Waals surface area contributed by atoms with E-state index in [0.717, 1.165) is 17.3 Å². The molecule has 0 saturated carbocycles. The molecule has 0 aliphatic heterocycles. The Morgan fingerprint density at radius 1 is 1.10 bits per heavy atom. The highest BCUT2D eigenvalue weighted by Gasteiger charge is 2.12. The topological polar surface area (TPSA) is 55.1 Å². The molecule has 3 aromatic rings. The number of aromatic nitrogens is 2. The van der Waals surface area contributed by atoms with E-state index in [1.54, 1.807) is 17.1 Å². The smallest absolute Gasteiger partial charge is 0.338 e. The molecule has 0 unspecified atom stereocenters. The zero-order valence-corrected chi connectivity index (χ0v) is 10.9. The zero-order valence-electron chi connectivity index (χ0n) is 10.9. The van der Waals surface area contributed by atoms with E-state index in [2.05, 4.69) is 5.10 Å². The van der Waals surface area contributed by atoms with Crippen LogP contribution in [0.2, 0.25) is 0 Å². The number of aromatic carboxylic acids is 1. The van der Waals surface area contributed by atoms with Gasteiger partial charge in [0.15, 0.2) is 0 Å². The molecule has 3 rings (SSSR count). The molecule has 0 fully saturated rings. The number of nitrogens with zero attached hydrogens (tertiary/aromatic N) is 2. The minimum absolute atomic E-state index is 0.347. The Labute approximate surface area is 120 Å². The molecule has 2 aromatic carbocycles. The average molecular weight is 282 g/mol. The molecule has 0 radical (unpaired) electrons. The Bertz CT molecular complexity index is 797. The lowest BCUT2D eigenvalue weighted by Gasteiger charge is -2.02. The van der Waals surface area contributed by atoms with E-state index < -0.39 is 11.8 Å². The summed E-state index contributed by atoms with van der Waals surface area (Å²) in [5.41, 5.74) is 1.88. The Morgan fingerprint density at radius 3 is 2.57 bits per heavy atom. The third-order valence-corrected chi connectivity index (χ3v) is 3.13. The highest BCUT2D eigenvalue weighted by molar-refractivity contribution is 5.89. The second-order valence-corrected chi connectivity index (χ2v) is 4.51. The van der Waals surface area contributed by atoms with Crippen LogP contribution < -0.4 is 0 Å². The zero-order chi connectivity index (χ0) is 14.8. The number of benzene rings is 2. The summed E-state index contributed by atoms with van der Waals surface area (Å²) in [6.45, 7) is 0. The Morgan fingerprint density at radius 2 is 1.86 bits per heavy atom. The molecule has 1 heterocycles. The maximum atomic E-state index is 13.4. The number of hydrogen-bond acceptors (Lipinski definition) is 2. The normalized spacial score (nSPS) is 10.5. The summed E-state index contributed by atoms with van der Waals surface area (Å²) >= 11 is 0. The minimum Gasteiger partial charge on any atom is -0.478 e. The van der Waals surface area contributed by atoms with Crippen LogP contribution >= 0.6 is 0 Å². The Balaban J connectivity index is 2.01. The molecular weight excluding hydrogens is 271 g/mol. The summed E-state index contributed by atoms with van der Waals surface area (Å²) in [4.78, 5) is 11.0. The van der Waals surface area contributed by atoms with Gasteiger partial charge in [-0.2, -0.15) is 5.10 Å². The predicted octanol–water partition coefficient (Wildman–Crippen LogP) is 3.38.